The third-order valence-electron chi connectivity index (χ3n) is 3.74. The second kappa shape index (κ2) is 7.53. The largest absolute Gasteiger partial charge is 0.444 e. The Morgan fingerprint density at radius 3 is 2.24 bits per heavy atom. The molecule has 4 heteroatoms. The predicted molar refractivity (Wildman–Crippen MR) is 87.2 cm³/mol. The number of hydrogen-bond acceptors (Lipinski definition) is 3. The number of allylic oxidation sites excluding steroid dienone is 3. The molecule has 0 atom stereocenters. The third kappa shape index (κ3) is 6.23. The molecule has 0 aromatic carbocycles. The molecule has 1 saturated heterocycles. The van der Waals surface area contributed by atoms with Crippen LogP contribution in [0.25, 0.3) is 0 Å². The first-order chi connectivity index (χ1) is 9.73. The van der Waals surface area contributed by atoms with Crippen LogP contribution in [0, 0.1) is 0 Å². The molecule has 1 aliphatic rings. The number of hydrogen-bond donors (Lipinski definition) is 1. The molecule has 0 unspecified atom stereocenters. The minimum Gasteiger partial charge on any atom is -0.444 e. The molecule has 0 aliphatic carbocycles. The average molecular weight is 294 g/mol. The SMILES string of the molecule is C/C=C(C)/C(C)=C\NC1CCN(C(=O)OC(C)(C)C)CC1. The molecule has 4 nitrogen and oxygen atoms in total. The van der Waals surface area contributed by atoms with E-state index in [1.54, 1.807) is 4.90 Å². The molecule has 0 spiro atoms. The molecule has 1 heterocycles. The molecule has 1 fully saturated rings. The van der Waals surface area contributed by atoms with Crippen LogP contribution in [0.1, 0.15) is 54.4 Å². The second-order valence-electron chi connectivity index (χ2n) is 6.71. The number of nitrogens with one attached hydrogen (secondary N) is 1. The molecule has 0 aromatic rings. The Kier molecular flexibility index (Phi) is 6.31. The molecule has 1 rings (SSSR count). The van der Waals surface area contributed by atoms with E-state index < -0.39 is 5.60 Å². The van der Waals surface area contributed by atoms with Crippen molar-refractivity contribution < 1.29 is 9.53 Å². The lowest BCUT2D eigenvalue weighted by Gasteiger charge is -2.33. The van der Waals surface area contributed by atoms with Crippen LogP contribution in [0.3, 0.4) is 0 Å². The Hall–Kier alpha value is -1.45. The maximum absolute atomic E-state index is 12.0. The fourth-order valence-electron chi connectivity index (χ4n) is 2.14. The monoisotopic (exact) mass is 294 g/mol. The predicted octanol–water partition coefficient (Wildman–Crippen LogP) is 3.85. The zero-order valence-corrected chi connectivity index (χ0v) is 14.3. The van der Waals surface area contributed by atoms with Crippen LogP contribution in [0.5, 0.6) is 0 Å². The number of rotatable bonds is 3. The molecule has 0 saturated carbocycles. The van der Waals surface area contributed by atoms with Gasteiger partial charge in [0.05, 0.1) is 0 Å². The van der Waals surface area contributed by atoms with Gasteiger partial charge in [-0.3, -0.25) is 0 Å². The number of amides is 1. The molecule has 120 valence electrons. The van der Waals surface area contributed by atoms with E-state index in [1.807, 2.05) is 27.7 Å². The molecule has 1 aliphatic heterocycles. The van der Waals surface area contributed by atoms with Crippen molar-refractivity contribution in [2.24, 2.45) is 0 Å². The summed E-state index contributed by atoms with van der Waals surface area (Å²) in [4.78, 5) is 13.8. The smallest absolute Gasteiger partial charge is 0.410 e. The average Bonchev–Trinajstić information content (AvgIpc) is 2.42. The van der Waals surface area contributed by atoms with Crippen molar-refractivity contribution >= 4 is 6.09 Å². The normalized spacial score (nSPS) is 18.7. The summed E-state index contributed by atoms with van der Waals surface area (Å²) < 4.78 is 5.40. The van der Waals surface area contributed by atoms with Crippen molar-refractivity contribution in [1.29, 1.82) is 0 Å². The van der Waals surface area contributed by atoms with E-state index in [-0.39, 0.29) is 6.09 Å². The molecule has 0 bridgehead atoms. The zero-order valence-electron chi connectivity index (χ0n) is 14.3. The van der Waals surface area contributed by atoms with Crippen LogP contribution in [0.4, 0.5) is 4.79 Å². The van der Waals surface area contributed by atoms with Crippen molar-refractivity contribution in [3.05, 3.63) is 23.4 Å². The lowest BCUT2D eigenvalue weighted by Crippen LogP contribution is -2.45. The van der Waals surface area contributed by atoms with Gasteiger partial charge in [-0.25, -0.2) is 4.79 Å². The van der Waals surface area contributed by atoms with E-state index in [2.05, 4.69) is 31.4 Å². The summed E-state index contributed by atoms with van der Waals surface area (Å²) in [6.07, 6.45) is 5.91. The molecule has 0 aromatic heterocycles. The van der Waals surface area contributed by atoms with Crippen LogP contribution < -0.4 is 5.32 Å². The first kappa shape index (κ1) is 17.6. The first-order valence-electron chi connectivity index (χ1n) is 7.77. The zero-order chi connectivity index (χ0) is 16.0. The van der Waals surface area contributed by atoms with E-state index in [9.17, 15) is 4.79 Å². The fourth-order valence-corrected chi connectivity index (χ4v) is 2.14. The highest BCUT2D eigenvalue weighted by Gasteiger charge is 2.26. The second-order valence-corrected chi connectivity index (χ2v) is 6.71. The first-order valence-corrected chi connectivity index (χ1v) is 7.77. The van der Waals surface area contributed by atoms with Crippen LogP contribution in [-0.4, -0.2) is 35.7 Å². The molecule has 1 N–H and O–H groups in total. The van der Waals surface area contributed by atoms with E-state index in [1.165, 1.54) is 11.1 Å². The quantitative estimate of drug-likeness (QED) is 0.804. The number of piperidine rings is 1. The minimum atomic E-state index is -0.421. The van der Waals surface area contributed by atoms with Gasteiger partial charge in [0.15, 0.2) is 0 Å². The van der Waals surface area contributed by atoms with Crippen molar-refractivity contribution in [3.8, 4) is 0 Å². The Morgan fingerprint density at radius 2 is 1.76 bits per heavy atom. The summed E-state index contributed by atoms with van der Waals surface area (Å²) in [5.74, 6) is 0. The van der Waals surface area contributed by atoms with Gasteiger partial charge in [-0.1, -0.05) is 11.6 Å². The van der Waals surface area contributed by atoms with Gasteiger partial charge in [-0.2, -0.15) is 0 Å². The van der Waals surface area contributed by atoms with Gasteiger partial charge < -0.3 is 15.0 Å². The number of likely N-dealkylation sites (tertiary alicyclic amines) is 1. The Balaban J connectivity index is 2.41. The summed E-state index contributed by atoms with van der Waals surface area (Å²) in [6.45, 7) is 13.5. The van der Waals surface area contributed by atoms with E-state index in [0.29, 0.717) is 6.04 Å². The Morgan fingerprint density at radius 1 is 1.19 bits per heavy atom. The van der Waals surface area contributed by atoms with Crippen LogP contribution in [0.15, 0.2) is 23.4 Å². The molecule has 1 amide bonds. The van der Waals surface area contributed by atoms with Crippen molar-refractivity contribution in [3.63, 3.8) is 0 Å². The maximum atomic E-state index is 12.0. The van der Waals surface area contributed by atoms with Crippen LogP contribution >= 0.6 is 0 Å². The van der Waals surface area contributed by atoms with E-state index in [4.69, 9.17) is 4.74 Å². The maximum Gasteiger partial charge on any atom is 0.410 e. The van der Waals surface area contributed by atoms with Gasteiger partial charge in [-0.15, -0.1) is 0 Å². The summed E-state index contributed by atoms with van der Waals surface area (Å²) in [6, 6.07) is 0.434. The van der Waals surface area contributed by atoms with Gasteiger partial charge >= 0.3 is 6.09 Å². The lowest BCUT2D eigenvalue weighted by atomic mass is 10.1. The van der Waals surface area contributed by atoms with Gasteiger partial charge in [0.2, 0.25) is 0 Å². The highest BCUT2D eigenvalue weighted by Crippen LogP contribution is 2.16. The van der Waals surface area contributed by atoms with E-state index >= 15 is 0 Å². The van der Waals surface area contributed by atoms with Gasteiger partial charge in [0.1, 0.15) is 5.60 Å². The summed E-state index contributed by atoms with van der Waals surface area (Å²) in [5.41, 5.74) is 2.12. The molecule has 0 radical (unpaired) electrons. The standard InChI is InChI=1S/C17H30N2O2/c1-7-13(2)14(3)12-18-15-8-10-19(11-9-15)16(20)21-17(4,5)6/h7,12,15,18H,8-11H2,1-6H3/b13-7+,14-12-. The van der Waals surface area contributed by atoms with Crippen molar-refractivity contribution in [1.82, 2.24) is 10.2 Å². The highest BCUT2D eigenvalue weighted by atomic mass is 16.6. The number of nitrogens with zero attached hydrogens (tertiary/aromatic N) is 1. The van der Waals surface area contributed by atoms with Crippen molar-refractivity contribution in [2.45, 2.75) is 66.0 Å². The molecule has 21 heavy (non-hydrogen) atoms. The van der Waals surface area contributed by atoms with Crippen LogP contribution in [0.2, 0.25) is 0 Å². The lowest BCUT2D eigenvalue weighted by molar-refractivity contribution is 0.0201. The Labute approximate surface area is 129 Å². The summed E-state index contributed by atoms with van der Waals surface area (Å²) >= 11 is 0. The third-order valence-corrected chi connectivity index (χ3v) is 3.74. The number of carbonyl (C=O) groups excluding carboxylic acids is 1. The van der Waals surface area contributed by atoms with Gasteiger partial charge in [0, 0.05) is 19.1 Å². The fraction of sp³-hybridized carbons (Fsp3) is 0.706. The minimum absolute atomic E-state index is 0.197. The highest BCUT2D eigenvalue weighted by molar-refractivity contribution is 5.68. The molecular weight excluding hydrogens is 264 g/mol. The number of carbonyl (C=O) groups is 1. The van der Waals surface area contributed by atoms with Crippen molar-refractivity contribution in [2.75, 3.05) is 13.1 Å². The van der Waals surface area contributed by atoms with Crippen LogP contribution in [-0.2, 0) is 4.74 Å². The van der Waals surface area contributed by atoms with Gasteiger partial charge in [0.25, 0.3) is 0 Å². The number of ether oxygens (including phenoxy) is 1. The Bertz CT molecular complexity index is 411. The van der Waals surface area contributed by atoms with Gasteiger partial charge in [-0.05, 0) is 66.2 Å². The van der Waals surface area contributed by atoms with E-state index in [0.717, 1.165) is 25.9 Å². The summed E-state index contributed by atoms with van der Waals surface area (Å²) in [7, 11) is 0. The topological polar surface area (TPSA) is 41.6 Å². The molecular formula is C17H30N2O2. The summed E-state index contributed by atoms with van der Waals surface area (Å²) in [5, 5.41) is 3.46.